The van der Waals surface area contributed by atoms with Gasteiger partial charge >= 0.3 is 0 Å². The quantitative estimate of drug-likeness (QED) is 0.201. The Labute approximate surface area is 266 Å². The fraction of sp³-hybridized carbons (Fsp3) is 0. The van der Waals surface area contributed by atoms with Gasteiger partial charge in [-0.05, 0) is 111 Å². The fourth-order valence-corrected chi connectivity index (χ4v) is 6.64. The first-order valence-electron chi connectivity index (χ1n) is 15.4. The maximum absolute atomic E-state index is 5.08. The van der Waals surface area contributed by atoms with E-state index in [2.05, 4.69) is 107 Å². The summed E-state index contributed by atoms with van der Waals surface area (Å²) in [5, 5.41) is 2.54. The molecule has 4 heteroatoms. The maximum atomic E-state index is 5.08. The van der Waals surface area contributed by atoms with E-state index >= 15 is 0 Å². The zero-order valence-corrected chi connectivity index (χ0v) is 24.8. The predicted octanol–water partition coefficient (Wildman–Crippen LogP) is 10.4. The number of hydrogen-bond donors (Lipinski definition) is 0. The van der Waals surface area contributed by atoms with Crippen LogP contribution < -0.4 is 0 Å². The first-order valence-corrected chi connectivity index (χ1v) is 15.4. The van der Waals surface area contributed by atoms with E-state index in [1.54, 1.807) is 12.4 Å². The molecular formula is C42H26N4. The summed E-state index contributed by atoms with van der Waals surface area (Å²) in [5.74, 6) is 0. The highest BCUT2D eigenvalue weighted by Gasteiger charge is 2.22. The average molecular weight is 587 g/mol. The Hall–Kier alpha value is -6.26. The van der Waals surface area contributed by atoms with Crippen molar-refractivity contribution in [2.75, 3.05) is 0 Å². The van der Waals surface area contributed by atoms with Gasteiger partial charge in [0.1, 0.15) is 0 Å². The first kappa shape index (κ1) is 26.2. The predicted molar refractivity (Wildman–Crippen MR) is 187 cm³/mol. The second kappa shape index (κ2) is 10.7. The van der Waals surface area contributed by atoms with Gasteiger partial charge in [0, 0.05) is 23.5 Å². The van der Waals surface area contributed by atoms with Gasteiger partial charge in [0.05, 0.1) is 34.2 Å². The zero-order chi connectivity index (χ0) is 30.5. The summed E-state index contributed by atoms with van der Waals surface area (Å²) in [6, 6.07) is 50.7. The minimum Gasteiger partial charge on any atom is -0.255 e. The third-order valence-corrected chi connectivity index (χ3v) is 8.74. The Morgan fingerprint density at radius 3 is 1.35 bits per heavy atom. The number of rotatable bonds is 5. The molecule has 46 heavy (non-hydrogen) atoms. The van der Waals surface area contributed by atoms with Crippen LogP contribution in [0.1, 0.15) is 0 Å². The van der Waals surface area contributed by atoms with E-state index in [0.717, 1.165) is 50.9 Å². The van der Waals surface area contributed by atoms with Crippen LogP contribution in [0.2, 0.25) is 0 Å². The van der Waals surface area contributed by atoms with Gasteiger partial charge < -0.3 is 0 Å². The van der Waals surface area contributed by atoms with Crippen molar-refractivity contribution >= 4 is 10.8 Å². The normalized spacial score (nSPS) is 11.5. The number of fused-ring (bicyclic) bond motifs is 3. The van der Waals surface area contributed by atoms with Gasteiger partial charge in [0.15, 0.2) is 0 Å². The molecule has 9 rings (SSSR count). The Balaban J connectivity index is 1.26. The minimum atomic E-state index is 0.837. The lowest BCUT2D eigenvalue weighted by Gasteiger charge is -2.14. The van der Waals surface area contributed by atoms with E-state index in [1.807, 2.05) is 48.5 Å². The molecule has 8 aromatic rings. The van der Waals surface area contributed by atoms with Crippen molar-refractivity contribution in [2.24, 2.45) is 0 Å². The lowest BCUT2D eigenvalue weighted by molar-refractivity contribution is 1.24. The Morgan fingerprint density at radius 1 is 0.304 bits per heavy atom. The molecule has 0 bridgehead atoms. The van der Waals surface area contributed by atoms with Crippen molar-refractivity contribution < 1.29 is 0 Å². The van der Waals surface area contributed by atoms with E-state index in [4.69, 9.17) is 9.97 Å². The topological polar surface area (TPSA) is 51.6 Å². The largest absolute Gasteiger partial charge is 0.255 e. The molecule has 4 heterocycles. The van der Waals surface area contributed by atoms with E-state index in [0.29, 0.717) is 0 Å². The molecular weight excluding hydrogens is 560 g/mol. The average Bonchev–Trinajstić information content (AvgIpc) is 3.47. The summed E-state index contributed by atoms with van der Waals surface area (Å²) in [6.07, 6.45) is 3.60. The first-order chi connectivity index (χ1) is 22.8. The monoisotopic (exact) mass is 586 g/mol. The summed E-state index contributed by atoms with van der Waals surface area (Å²) in [7, 11) is 0. The molecule has 0 amide bonds. The number of pyridine rings is 4. The molecule has 0 unspecified atom stereocenters. The van der Waals surface area contributed by atoms with Gasteiger partial charge in [-0.1, -0.05) is 78.9 Å². The molecule has 0 N–H and O–H groups in total. The highest BCUT2D eigenvalue weighted by Crippen LogP contribution is 2.49. The second-order valence-electron chi connectivity index (χ2n) is 11.5. The van der Waals surface area contributed by atoms with Crippen molar-refractivity contribution in [1.82, 2.24) is 19.9 Å². The molecule has 0 radical (unpaired) electrons. The van der Waals surface area contributed by atoms with Crippen LogP contribution in [0.25, 0.3) is 89.4 Å². The molecule has 1 aliphatic rings. The molecule has 214 valence electrons. The van der Waals surface area contributed by atoms with Crippen molar-refractivity contribution in [3.63, 3.8) is 0 Å². The Bertz CT molecular complexity index is 2290. The van der Waals surface area contributed by atoms with Crippen LogP contribution in [0.5, 0.6) is 0 Å². The highest BCUT2D eigenvalue weighted by molar-refractivity contribution is 6.18. The summed E-state index contributed by atoms with van der Waals surface area (Å²) in [5.41, 5.74) is 14.6. The molecule has 0 atom stereocenters. The van der Waals surface area contributed by atoms with Crippen molar-refractivity contribution in [2.45, 2.75) is 0 Å². The highest BCUT2D eigenvalue weighted by atomic mass is 14.8. The number of hydrogen-bond acceptors (Lipinski definition) is 4. The van der Waals surface area contributed by atoms with Gasteiger partial charge in [-0.25, -0.2) is 9.97 Å². The van der Waals surface area contributed by atoms with Crippen LogP contribution in [0.15, 0.2) is 158 Å². The summed E-state index contributed by atoms with van der Waals surface area (Å²) in [6.45, 7) is 0. The number of aromatic nitrogens is 4. The molecule has 1 aliphatic carbocycles. The molecule has 4 aromatic carbocycles. The molecule has 0 fully saturated rings. The molecule has 4 aromatic heterocycles. The van der Waals surface area contributed by atoms with E-state index in [9.17, 15) is 0 Å². The van der Waals surface area contributed by atoms with Crippen molar-refractivity contribution in [3.8, 4) is 78.7 Å². The summed E-state index contributed by atoms with van der Waals surface area (Å²) in [4.78, 5) is 19.3. The SMILES string of the molecule is c1ccc(-c2cccc(-c3cc(-c4cccc(-c5ccccn5)n4)cc(-c4ccc5c6c(cccc46)-c4ccccc4-5)c3)n2)nc1. The smallest absolute Gasteiger partial charge is 0.0893 e. The fourth-order valence-electron chi connectivity index (χ4n) is 6.64. The lowest BCUT2D eigenvalue weighted by Crippen LogP contribution is -1.94. The number of benzene rings is 4. The van der Waals surface area contributed by atoms with E-state index < -0.39 is 0 Å². The van der Waals surface area contributed by atoms with Gasteiger partial charge in [0.2, 0.25) is 0 Å². The van der Waals surface area contributed by atoms with E-state index in [-0.39, 0.29) is 0 Å². The van der Waals surface area contributed by atoms with Crippen LogP contribution in [0.4, 0.5) is 0 Å². The van der Waals surface area contributed by atoms with Crippen molar-refractivity contribution in [1.29, 1.82) is 0 Å². The Morgan fingerprint density at radius 2 is 0.761 bits per heavy atom. The summed E-state index contributed by atoms with van der Waals surface area (Å²) < 4.78 is 0. The van der Waals surface area contributed by atoms with Crippen LogP contribution in [0.3, 0.4) is 0 Å². The standard InChI is InChI=1S/C42H26N4/c1-2-11-32-31(10-1)34-13-7-12-33-30(20-21-35(32)42(33)34)27-24-28(36-16-8-18-40(45-36)38-14-3-5-22-43-38)26-29(25-27)37-17-9-19-41(46-37)39-15-4-6-23-44-39/h1-26H. The van der Waals surface area contributed by atoms with Crippen LogP contribution >= 0.6 is 0 Å². The summed E-state index contributed by atoms with van der Waals surface area (Å²) >= 11 is 0. The molecule has 0 aliphatic heterocycles. The zero-order valence-electron chi connectivity index (χ0n) is 24.8. The van der Waals surface area contributed by atoms with Crippen molar-refractivity contribution in [3.05, 3.63) is 158 Å². The van der Waals surface area contributed by atoms with Crippen LogP contribution in [-0.4, -0.2) is 19.9 Å². The third-order valence-electron chi connectivity index (χ3n) is 8.74. The molecule has 0 saturated carbocycles. The van der Waals surface area contributed by atoms with Gasteiger partial charge in [-0.3, -0.25) is 9.97 Å². The van der Waals surface area contributed by atoms with E-state index in [1.165, 1.54) is 38.6 Å². The van der Waals surface area contributed by atoms with Crippen LogP contribution in [0, 0.1) is 0 Å². The van der Waals surface area contributed by atoms with Gasteiger partial charge in [-0.15, -0.1) is 0 Å². The molecule has 0 saturated heterocycles. The van der Waals surface area contributed by atoms with Gasteiger partial charge in [0.25, 0.3) is 0 Å². The Kier molecular flexibility index (Phi) is 6.10. The maximum Gasteiger partial charge on any atom is 0.0893 e. The van der Waals surface area contributed by atoms with Crippen LogP contribution in [-0.2, 0) is 0 Å². The second-order valence-corrected chi connectivity index (χ2v) is 11.5. The lowest BCUT2D eigenvalue weighted by atomic mass is 9.91. The number of nitrogens with zero attached hydrogens (tertiary/aromatic N) is 4. The third kappa shape index (κ3) is 4.39. The molecule has 0 spiro atoms. The minimum absolute atomic E-state index is 0.837. The van der Waals surface area contributed by atoms with Gasteiger partial charge in [-0.2, -0.15) is 0 Å². The molecule has 4 nitrogen and oxygen atoms in total.